The number of alkyl halides is 3. The van der Waals surface area contributed by atoms with Crippen LogP contribution in [0.3, 0.4) is 0 Å². The highest BCUT2D eigenvalue weighted by atomic mass is 32.2. The Bertz CT molecular complexity index is 823. The number of carbonyl (C=O) groups excluding carboxylic acids is 1. The van der Waals surface area contributed by atoms with Gasteiger partial charge in [-0.25, -0.2) is 14.8 Å². The van der Waals surface area contributed by atoms with Crippen LogP contribution in [0, 0.1) is 6.92 Å². The number of halogens is 3. The normalized spacial score (nSPS) is 14.2. The molecule has 2 amide bonds. The first kappa shape index (κ1) is 20.2. The number of nitrogens with zero attached hydrogens (tertiary/aromatic N) is 3. The zero-order chi connectivity index (χ0) is 20.1. The summed E-state index contributed by atoms with van der Waals surface area (Å²) < 4.78 is 37.0. The second-order valence-corrected chi connectivity index (χ2v) is 7.51. The van der Waals surface area contributed by atoms with E-state index in [9.17, 15) is 18.0 Å². The van der Waals surface area contributed by atoms with Gasteiger partial charge in [-0.3, -0.25) is 0 Å². The van der Waals surface area contributed by atoms with Crippen LogP contribution >= 0.6 is 11.8 Å². The van der Waals surface area contributed by atoms with Crippen LogP contribution in [0.2, 0.25) is 0 Å². The minimum atomic E-state index is -4.34. The summed E-state index contributed by atoms with van der Waals surface area (Å²) in [7, 11) is 0. The van der Waals surface area contributed by atoms with Crippen molar-refractivity contribution in [1.82, 2.24) is 15.3 Å². The summed E-state index contributed by atoms with van der Waals surface area (Å²) in [5.74, 6) is 0.674. The monoisotopic (exact) mass is 411 g/mol. The molecule has 1 saturated heterocycles. The lowest BCUT2D eigenvalue weighted by Crippen LogP contribution is -2.29. The Balaban J connectivity index is 1.54. The maximum atomic E-state index is 12.3. The maximum Gasteiger partial charge on any atom is 0.446 e. The highest BCUT2D eigenvalue weighted by Gasteiger charge is 2.29. The quantitative estimate of drug-likeness (QED) is 0.717. The first-order chi connectivity index (χ1) is 13.3. The summed E-state index contributed by atoms with van der Waals surface area (Å²) in [6.45, 7) is 3.96. The van der Waals surface area contributed by atoms with Crippen molar-refractivity contribution >= 4 is 29.4 Å². The van der Waals surface area contributed by atoms with Gasteiger partial charge in [-0.05, 0) is 61.9 Å². The summed E-state index contributed by atoms with van der Waals surface area (Å²) in [5.41, 5.74) is -2.41. The molecule has 0 spiro atoms. The Kier molecular flexibility index (Phi) is 6.28. The van der Waals surface area contributed by atoms with Gasteiger partial charge in [0.25, 0.3) is 0 Å². The van der Waals surface area contributed by atoms with Gasteiger partial charge in [-0.1, -0.05) is 0 Å². The fourth-order valence-electron chi connectivity index (χ4n) is 2.85. The van der Waals surface area contributed by atoms with Gasteiger partial charge in [0.05, 0.1) is 12.2 Å². The average Bonchev–Trinajstić information content (AvgIpc) is 3.15. The molecule has 10 heteroatoms. The van der Waals surface area contributed by atoms with Crippen LogP contribution in [-0.2, 0) is 6.54 Å². The van der Waals surface area contributed by atoms with Gasteiger partial charge in [0.2, 0.25) is 5.95 Å². The minimum absolute atomic E-state index is 0.0596. The predicted octanol–water partition coefficient (Wildman–Crippen LogP) is 4.32. The van der Waals surface area contributed by atoms with Crippen LogP contribution in [0.25, 0.3) is 0 Å². The number of aryl methyl sites for hydroxylation is 1. The molecule has 0 radical (unpaired) electrons. The third-order valence-electron chi connectivity index (χ3n) is 4.06. The summed E-state index contributed by atoms with van der Waals surface area (Å²) in [5, 5.41) is 5.29. The largest absolute Gasteiger partial charge is 0.446 e. The number of aromatic nitrogens is 2. The molecule has 150 valence electrons. The molecule has 0 unspecified atom stereocenters. The van der Waals surface area contributed by atoms with Crippen molar-refractivity contribution in [1.29, 1.82) is 0 Å². The van der Waals surface area contributed by atoms with Crippen molar-refractivity contribution in [3.8, 4) is 0 Å². The summed E-state index contributed by atoms with van der Waals surface area (Å²) in [6.07, 6.45) is 2.24. The van der Waals surface area contributed by atoms with Crippen molar-refractivity contribution in [3.63, 3.8) is 0 Å². The lowest BCUT2D eigenvalue weighted by atomic mass is 10.3. The van der Waals surface area contributed by atoms with Crippen molar-refractivity contribution in [3.05, 3.63) is 41.7 Å². The Hall–Kier alpha value is -2.49. The number of thioether (sulfide) groups is 1. The number of urea groups is 1. The van der Waals surface area contributed by atoms with Crippen molar-refractivity contribution < 1.29 is 18.0 Å². The molecule has 1 fully saturated rings. The Labute approximate surface area is 164 Å². The fraction of sp³-hybridized carbons (Fsp3) is 0.389. The van der Waals surface area contributed by atoms with E-state index >= 15 is 0 Å². The van der Waals surface area contributed by atoms with Gasteiger partial charge in [0.1, 0.15) is 0 Å². The molecule has 2 heterocycles. The van der Waals surface area contributed by atoms with Gasteiger partial charge in [0.15, 0.2) is 0 Å². The molecule has 0 saturated carbocycles. The van der Waals surface area contributed by atoms with E-state index in [0.29, 0.717) is 17.3 Å². The first-order valence-electron chi connectivity index (χ1n) is 8.79. The number of amides is 2. The number of rotatable bonds is 5. The molecular formula is C18H20F3N5OS. The number of nitrogens with one attached hydrogen (secondary N) is 2. The SMILES string of the molecule is Cc1cc(CNC(=O)Nc2ccc(SC(F)(F)F)cc2)nc(N2CCCC2)n1. The smallest absolute Gasteiger partial charge is 0.341 e. The van der Waals surface area contributed by atoms with Gasteiger partial charge >= 0.3 is 11.5 Å². The van der Waals surface area contributed by atoms with Gasteiger partial charge in [-0.2, -0.15) is 13.2 Å². The number of anilines is 2. The average molecular weight is 411 g/mol. The predicted molar refractivity (Wildman–Crippen MR) is 102 cm³/mol. The van der Waals surface area contributed by atoms with E-state index < -0.39 is 11.5 Å². The maximum absolute atomic E-state index is 12.3. The molecule has 0 bridgehead atoms. The van der Waals surface area contributed by atoms with Crippen molar-refractivity contribution in [2.45, 2.75) is 36.7 Å². The molecule has 0 aliphatic carbocycles. The molecule has 3 rings (SSSR count). The summed E-state index contributed by atoms with van der Waals surface area (Å²) >= 11 is -0.198. The van der Waals surface area contributed by atoms with E-state index in [1.54, 1.807) is 0 Å². The number of hydrogen-bond donors (Lipinski definition) is 2. The minimum Gasteiger partial charge on any atom is -0.341 e. The number of benzene rings is 1. The zero-order valence-corrected chi connectivity index (χ0v) is 16.0. The highest BCUT2D eigenvalue weighted by molar-refractivity contribution is 8.00. The molecule has 6 nitrogen and oxygen atoms in total. The van der Waals surface area contributed by atoms with Crippen LogP contribution < -0.4 is 15.5 Å². The van der Waals surface area contributed by atoms with Crippen LogP contribution in [0.5, 0.6) is 0 Å². The lowest BCUT2D eigenvalue weighted by Gasteiger charge is -2.16. The van der Waals surface area contributed by atoms with Gasteiger partial charge < -0.3 is 15.5 Å². The van der Waals surface area contributed by atoms with E-state index in [0.717, 1.165) is 31.6 Å². The summed E-state index contributed by atoms with van der Waals surface area (Å²) in [6, 6.07) is 6.81. The number of hydrogen-bond acceptors (Lipinski definition) is 5. The first-order valence-corrected chi connectivity index (χ1v) is 9.60. The Morgan fingerprint density at radius 2 is 1.86 bits per heavy atom. The number of carbonyl (C=O) groups is 1. The second-order valence-electron chi connectivity index (χ2n) is 6.37. The van der Waals surface area contributed by atoms with E-state index in [-0.39, 0.29) is 23.2 Å². The molecule has 1 aliphatic rings. The van der Waals surface area contributed by atoms with Gasteiger partial charge in [0, 0.05) is 29.4 Å². The molecule has 28 heavy (non-hydrogen) atoms. The third-order valence-corrected chi connectivity index (χ3v) is 4.80. The Morgan fingerprint density at radius 3 is 2.50 bits per heavy atom. The van der Waals surface area contributed by atoms with E-state index in [2.05, 4.69) is 25.5 Å². The van der Waals surface area contributed by atoms with Crippen molar-refractivity contribution in [2.75, 3.05) is 23.3 Å². The molecule has 1 aliphatic heterocycles. The molecule has 1 aromatic carbocycles. The molecular weight excluding hydrogens is 391 g/mol. The molecule has 1 aromatic heterocycles. The molecule has 2 N–H and O–H groups in total. The zero-order valence-electron chi connectivity index (χ0n) is 15.2. The van der Waals surface area contributed by atoms with Crippen LogP contribution in [-0.4, -0.2) is 34.6 Å². The molecule has 2 aromatic rings. The highest BCUT2D eigenvalue weighted by Crippen LogP contribution is 2.37. The topological polar surface area (TPSA) is 70.2 Å². The van der Waals surface area contributed by atoms with E-state index in [4.69, 9.17) is 0 Å². The standard InChI is InChI=1S/C18H20F3N5OS/c1-12-10-14(24-16(23-12)26-8-2-3-9-26)11-22-17(27)25-13-4-6-15(7-5-13)28-18(19,20)21/h4-7,10H,2-3,8-9,11H2,1H3,(H2,22,25,27). The van der Waals surface area contributed by atoms with E-state index in [1.165, 1.54) is 24.3 Å². The second kappa shape index (κ2) is 8.68. The van der Waals surface area contributed by atoms with E-state index in [1.807, 2.05) is 13.0 Å². The fourth-order valence-corrected chi connectivity index (χ4v) is 3.39. The summed E-state index contributed by atoms with van der Waals surface area (Å²) in [4.78, 5) is 23.2. The van der Waals surface area contributed by atoms with Crippen LogP contribution in [0.15, 0.2) is 35.2 Å². The van der Waals surface area contributed by atoms with Gasteiger partial charge in [-0.15, -0.1) is 0 Å². The third kappa shape index (κ3) is 6.01. The molecule has 0 atom stereocenters. The Morgan fingerprint density at radius 1 is 1.18 bits per heavy atom. The van der Waals surface area contributed by atoms with Crippen molar-refractivity contribution in [2.24, 2.45) is 0 Å². The van der Waals surface area contributed by atoms with Crippen LogP contribution in [0.4, 0.5) is 29.6 Å². The van der Waals surface area contributed by atoms with Crippen LogP contribution in [0.1, 0.15) is 24.2 Å². The lowest BCUT2D eigenvalue weighted by molar-refractivity contribution is -0.0328.